The van der Waals surface area contributed by atoms with Crippen molar-refractivity contribution in [2.75, 3.05) is 0 Å². The highest BCUT2D eigenvalue weighted by atomic mass is 16.1. The minimum absolute atomic E-state index is 0.0276. The summed E-state index contributed by atoms with van der Waals surface area (Å²) in [6.07, 6.45) is 18.8. The van der Waals surface area contributed by atoms with Crippen molar-refractivity contribution >= 4 is 11.6 Å². The van der Waals surface area contributed by atoms with Crippen LogP contribution in [0.4, 0.5) is 0 Å². The second-order valence-corrected chi connectivity index (χ2v) is 10.6. The Hall–Kier alpha value is -1.44. The highest BCUT2D eigenvalue weighted by molar-refractivity contribution is 6.01. The lowest BCUT2D eigenvalue weighted by molar-refractivity contribution is -0.117. The van der Waals surface area contributed by atoms with E-state index in [0.717, 1.165) is 24.7 Å². The van der Waals surface area contributed by atoms with Crippen LogP contribution in [-0.2, 0) is 9.59 Å². The van der Waals surface area contributed by atoms with Gasteiger partial charge in [0.15, 0.2) is 5.78 Å². The molecule has 0 bridgehead atoms. The first-order valence-electron chi connectivity index (χ1n) is 11.4. The first-order chi connectivity index (χ1) is 13.3. The minimum Gasteiger partial charge on any atom is -0.300 e. The molecule has 28 heavy (non-hydrogen) atoms. The van der Waals surface area contributed by atoms with E-state index < -0.39 is 0 Å². The summed E-state index contributed by atoms with van der Waals surface area (Å²) >= 11 is 0. The van der Waals surface area contributed by atoms with Gasteiger partial charge in [0.1, 0.15) is 5.78 Å². The number of ketones is 2. The van der Waals surface area contributed by atoms with Crippen LogP contribution in [-0.4, -0.2) is 11.6 Å². The van der Waals surface area contributed by atoms with Crippen LogP contribution in [0, 0.1) is 40.4 Å². The third-order valence-electron chi connectivity index (χ3n) is 9.06. The number of fused-ring (bicyclic) bond motifs is 5. The zero-order valence-corrected chi connectivity index (χ0v) is 18.0. The molecule has 2 heteroatoms. The molecule has 4 aliphatic rings. The average molecular weight is 381 g/mol. The molecule has 0 heterocycles. The molecule has 0 unspecified atom stereocenters. The molecule has 0 aromatic carbocycles. The van der Waals surface area contributed by atoms with Crippen LogP contribution in [0.25, 0.3) is 0 Å². The zero-order valence-electron chi connectivity index (χ0n) is 18.0. The van der Waals surface area contributed by atoms with E-state index in [0.29, 0.717) is 29.0 Å². The molecule has 0 saturated heterocycles. The maximum absolute atomic E-state index is 11.9. The Balaban J connectivity index is 1.54. The standard InChI is InChI=1S/C26H36O2/c1-17(6-5-7-18(2)27)22-10-11-23-21-9-8-19-16-20(28)12-14-25(19,3)24(21)13-15-26(22,23)4/h8-9,12,14,16-17,21-24H,5-7,10-11,13,15H2,1-4H3/t17-,21+,22-,23+,24+,25+,26-/m1/s1. The van der Waals surface area contributed by atoms with Crippen molar-refractivity contribution in [2.24, 2.45) is 40.4 Å². The van der Waals surface area contributed by atoms with Crippen molar-refractivity contribution in [2.45, 2.75) is 72.6 Å². The molecule has 152 valence electrons. The van der Waals surface area contributed by atoms with Crippen molar-refractivity contribution in [3.8, 4) is 0 Å². The normalized spacial score (nSPS) is 42.4. The number of hydrogen-bond acceptors (Lipinski definition) is 2. The molecule has 0 N–H and O–H groups in total. The Kier molecular flexibility index (Phi) is 5.04. The van der Waals surface area contributed by atoms with E-state index in [1.807, 2.05) is 6.08 Å². The molecule has 0 radical (unpaired) electrons. The van der Waals surface area contributed by atoms with E-state index >= 15 is 0 Å². The lowest BCUT2D eigenvalue weighted by Gasteiger charge is -2.55. The van der Waals surface area contributed by atoms with Gasteiger partial charge in [0.25, 0.3) is 0 Å². The molecular formula is C26H36O2. The fraction of sp³-hybridized carbons (Fsp3) is 0.692. The van der Waals surface area contributed by atoms with Gasteiger partial charge in [0.2, 0.25) is 0 Å². The van der Waals surface area contributed by atoms with Crippen LogP contribution in [0.5, 0.6) is 0 Å². The second-order valence-electron chi connectivity index (χ2n) is 10.6. The van der Waals surface area contributed by atoms with E-state index in [4.69, 9.17) is 0 Å². The highest BCUT2D eigenvalue weighted by Gasteiger charge is 2.57. The largest absolute Gasteiger partial charge is 0.300 e. The zero-order chi connectivity index (χ0) is 20.1. The van der Waals surface area contributed by atoms with Gasteiger partial charge in [-0.25, -0.2) is 0 Å². The van der Waals surface area contributed by atoms with Crippen molar-refractivity contribution in [1.29, 1.82) is 0 Å². The van der Waals surface area contributed by atoms with Crippen LogP contribution in [0.1, 0.15) is 72.6 Å². The molecule has 2 nitrogen and oxygen atoms in total. The Labute approximate surface area is 170 Å². The fourth-order valence-electron chi connectivity index (χ4n) is 7.50. The maximum Gasteiger partial charge on any atom is 0.178 e. The van der Waals surface area contributed by atoms with Gasteiger partial charge in [-0.05, 0) is 91.8 Å². The lowest BCUT2D eigenvalue weighted by atomic mass is 9.49. The summed E-state index contributed by atoms with van der Waals surface area (Å²) in [6.45, 7) is 9.06. The predicted octanol–water partition coefficient (Wildman–Crippen LogP) is 6.08. The summed E-state index contributed by atoms with van der Waals surface area (Å²) in [5.74, 6) is 3.96. The van der Waals surface area contributed by atoms with Crippen LogP contribution in [0.15, 0.2) is 36.0 Å². The predicted molar refractivity (Wildman–Crippen MR) is 114 cm³/mol. The number of carbonyl (C=O) groups is 2. The van der Waals surface area contributed by atoms with E-state index in [9.17, 15) is 9.59 Å². The van der Waals surface area contributed by atoms with Gasteiger partial charge in [0, 0.05) is 11.8 Å². The summed E-state index contributed by atoms with van der Waals surface area (Å²) in [5.41, 5.74) is 1.67. The fourth-order valence-corrected chi connectivity index (χ4v) is 7.50. The first-order valence-corrected chi connectivity index (χ1v) is 11.4. The third kappa shape index (κ3) is 3.08. The quantitative estimate of drug-likeness (QED) is 0.579. The van der Waals surface area contributed by atoms with E-state index in [1.165, 1.54) is 37.7 Å². The molecule has 4 rings (SSSR count). The van der Waals surface area contributed by atoms with Crippen molar-refractivity contribution in [3.63, 3.8) is 0 Å². The van der Waals surface area contributed by atoms with Gasteiger partial charge in [-0.2, -0.15) is 0 Å². The Morgan fingerprint density at radius 2 is 1.96 bits per heavy atom. The summed E-state index contributed by atoms with van der Waals surface area (Å²) in [4.78, 5) is 23.2. The van der Waals surface area contributed by atoms with Crippen molar-refractivity contribution < 1.29 is 9.59 Å². The van der Waals surface area contributed by atoms with Gasteiger partial charge in [-0.15, -0.1) is 0 Å². The number of hydrogen-bond donors (Lipinski definition) is 0. The molecule has 4 aliphatic carbocycles. The molecule has 2 fully saturated rings. The molecule has 2 saturated carbocycles. The average Bonchev–Trinajstić information content (AvgIpc) is 2.99. The lowest BCUT2D eigenvalue weighted by Crippen LogP contribution is -2.48. The van der Waals surface area contributed by atoms with Gasteiger partial charge >= 0.3 is 0 Å². The monoisotopic (exact) mass is 380 g/mol. The van der Waals surface area contributed by atoms with Crippen molar-refractivity contribution in [3.05, 3.63) is 36.0 Å². The van der Waals surface area contributed by atoms with Gasteiger partial charge in [-0.1, -0.05) is 45.4 Å². The van der Waals surface area contributed by atoms with Crippen molar-refractivity contribution in [1.82, 2.24) is 0 Å². The van der Waals surface area contributed by atoms with Gasteiger partial charge < -0.3 is 4.79 Å². The maximum atomic E-state index is 11.9. The van der Waals surface area contributed by atoms with Crippen LogP contribution >= 0.6 is 0 Å². The van der Waals surface area contributed by atoms with Gasteiger partial charge in [0.05, 0.1) is 0 Å². The van der Waals surface area contributed by atoms with E-state index in [2.05, 4.69) is 39.0 Å². The SMILES string of the molecule is CC(=O)CCC[C@@H](C)[C@H]1CC[C@H]2[C@@H]3C=CC4=CC(=O)C=C[C@]4(C)[C@H]3CC[C@]12C. The topological polar surface area (TPSA) is 34.1 Å². The summed E-state index contributed by atoms with van der Waals surface area (Å²) in [7, 11) is 0. The Bertz CT molecular complexity index is 756. The molecular weight excluding hydrogens is 344 g/mol. The second kappa shape index (κ2) is 7.11. The Morgan fingerprint density at radius 1 is 1.18 bits per heavy atom. The molecule has 0 aliphatic heterocycles. The molecule has 0 aromatic rings. The molecule has 0 aromatic heterocycles. The molecule has 7 atom stereocenters. The van der Waals surface area contributed by atoms with E-state index in [1.54, 1.807) is 13.0 Å². The van der Waals surface area contributed by atoms with Crippen LogP contribution in [0.2, 0.25) is 0 Å². The Morgan fingerprint density at radius 3 is 2.71 bits per heavy atom. The number of allylic oxidation sites excluding steroid dienone is 6. The first kappa shape index (κ1) is 19.9. The van der Waals surface area contributed by atoms with Crippen LogP contribution < -0.4 is 0 Å². The number of rotatable bonds is 5. The number of Topliss-reactive ketones (excluding diaryl/α,β-unsaturated/α-hetero) is 1. The highest BCUT2D eigenvalue weighted by Crippen LogP contribution is 2.65. The number of carbonyl (C=O) groups excluding carboxylic acids is 2. The summed E-state index contributed by atoms with van der Waals surface area (Å²) in [6, 6.07) is 0. The summed E-state index contributed by atoms with van der Waals surface area (Å²) in [5, 5.41) is 0. The molecule has 0 spiro atoms. The smallest absolute Gasteiger partial charge is 0.178 e. The van der Waals surface area contributed by atoms with Crippen LogP contribution in [0.3, 0.4) is 0 Å². The minimum atomic E-state index is 0.0276. The van der Waals surface area contributed by atoms with Gasteiger partial charge in [-0.3, -0.25) is 4.79 Å². The summed E-state index contributed by atoms with van der Waals surface area (Å²) < 4.78 is 0. The van der Waals surface area contributed by atoms with E-state index in [-0.39, 0.29) is 11.2 Å². The molecule has 0 amide bonds. The third-order valence-corrected chi connectivity index (χ3v) is 9.06.